The first kappa shape index (κ1) is 14.3. The van der Waals surface area contributed by atoms with E-state index in [0.717, 1.165) is 25.3 Å². The van der Waals surface area contributed by atoms with E-state index in [4.69, 9.17) is 4.74 Å². The molecule has 1 aromatic carbocycles. The number of nitrogens with zero attached hydrogens (tertiary/aromatic N) is 1. The average Bonchev–Trinajstić information content (AvgIpc) is 2.52. The SMILES string of the molecule is C=CCOc1ccc(CNCCc2ccncc2)cc1. The van der Waals surface area contributed by atoms with Gasteiger partial charge in [-0.25, -0.2) is 0 Å². The van der Waals surface area contributed by atoms with E-state index in [2.05, 4.69) is 29.0 Å². The molecular formula is C17H20N2O. The first-order valence-electron chi connectivity index (χ1n) is 6.81. The second kappa shape index (κ2) is 8.12. The monoisotopic (exact) mass is 268 g/mol. The minimum Gasteiger partial charge on any atom is -0.490 e. The lowest BCUT2D eigenvalue weighted by Crippen LogP contribution is -2.16. The smallest absolute Gasteiger partial charge is 0.119 e. The summed E-state index contributed by atoms with van der Waals surface area (Å²) >= 11 is 0. The molecule has 0 aliphatic rings. The van der Waals surface area contributed by atoms with Crippen LogP contribution in [0.2, 0.25) is 0 Å². The molecule has 0 unspecified atom stereocenters. The number of pyridine rings is 1. The Labute approximate surface area is 120 Å². The Morgan fingerprint density at radius 3 is 2.50 bits per heavy atom. The maximum Gasteiger partial charge on any atom is 0.119 e. The fraction of sp³-hybridized carbons (Fsp3) is 0.235. The van der Waals surface area contributed by atoms with Crippen molar-refractivity contribution in [2.45, 2.75) is 13.0 Å². The van der Waals surface area contributed by atoms with E-state index in [1.165, 1.54) is 11.1 Å². The molecule has 2 rings (SSSR count). The molecule has 0 aliphatic heterocycles. The Hall–Kier alpha value is -2.13. The molecule has 0 bridgehead atoms. The Morgan fingerprint density at radius 1 is 1.05 bits per heavy atom. The van der Waals surface area contributed by atoms with Gasteiger partial charge in [0.2, 0.25) is 0 Å². The third-order valence-electron chi connectivity index (χ3n) is 2.96. The zero-order valence-electron chi connectivity index (χ0n) is 11.6. The highest BCUT2D eigenvalue weighted by molar-refractivity contribution is 5.27. The standard InChI is InChI=1S/C17H20N2O/c1-2-13-20-17-5-3-16(4-6-17)14-19-12-9-15-7-10-18-11-8-15/h2-8,10-11,19H,1,9,12-14H2. The topological polar surface area (TPSA) is 34.1 Å². The van der Waals surface area contributed by atoms with Crippen LogP contribution in [0.1, 0.15) is 11.1 Å². The molecule has 20 heavy (non-hydrogen) atoms. The number of nitrogens with one attached hydrogen (secondary N) is 1. The maximum absolute atomic E-state index is 5.45. The van der Waals surface area contributed by atoms with Gasteiger partial charge in [-0.2, -0.15) is 0 Å². The molecule has 3 nitrogen and oxygen atoms in total. The van der Waals surface area contributed by atoms with Gasteiger partial charge in [0, 0.05) is 18.9 Å². The summed E-state index contributed by atoms with van der Waals surface area (Å²) in [6.45, 7) is 6.00. The number of hydrogen-bond acceptors (Lipinski definition) is 3. The van der Waals surface area contributed by atoms with Crippen LogP contribution in [0.3, 0.4) is 0 Å². The second-order valence-corrected chi connectivity index (χ2v) is 4.53. The molecule has 0 saturated carbocycles. The number of aromatic nitrogens is 1. The normalized spacial score (nSPS) is 10.2. The molecule has 104 valence electrons. The van der Waals surface area contributed by atoms with Crippen molar-refractivity contribution in [2.24, 2.45) is 0 Å². The van der Waals surface area contributed by atoms with E-state index in [-0.39, 0.29) is 0 Å². The molecule has 1 aromatic heterocycles. The number of rotatable bonds is 8. The quantitative estimate of drug-likeness (QED) is 0.590. The van der Waals surface area contributed by atoms with Crippen molar-refractivity contribution in [3.05, 3.63) is 72.6 Å². The molecule has 1 heterocycles. The van der Waals surface area contributed by atoms with Gasteiger partial charge < -0.3 is 10.1 Å². The van der Waals surface area contributed by atoms with Gasteiger partial charge in [-0.05, 0) is 48.4 Å². The van der Waals surface area contributed by atoms with Crippen LogP contribution in [0.25, 0.3) is 0 Å². The van der Waals surface area contributed by atoms with Crippen LogP contribution in [-0.2, 0) is 13.0 Å². The highest BCUT2D eigenvalue weighted by Crippen LogP contribution is 2.12. The summed E-state index contributed by atoms with van der Waals surface area (Å²) in [4.78, 5) is 4.01. The molecule has 0 atom stereocenters. The number of benzene rings is 1. The molecule has 0 radical (unpaired) electrons. The molecule has 0 saturated heterocycles. The van der Waals surface area contributed by atoms with Crippen LogP contribution in [0.15, 0.2) is 61.4 Å². The van der Waals surface area contributed by atoms with Gasteiger partial charge in [0.25, 0.3) is 0 Å². The lowest BCUT2D eigenvalue weighted by Gasteiger charge is -2.07. The molecule has 0 spiro atoms. The summed E-state index contributed by atoms with van der Waals surface area (Å²) in [6.07, 6.45) is 6.42. The zero-order chi connectivity index (χ0) is 14.0. The van der Waals surface area contributed by atoms with Gasteiger partial charge in [-0.15, -0.1) is 0 Å². The van der Waals surface area contributed by atoms with Gasteiger partial charge >= 0.3 is 0 Å². The molecule has 0 aliphatic carbocycles. The van der Waals surface area contributed by atoms with Crippen LogP contribution in [0.4, 0.5) is 0 Å². The van der Waals surface area contributed by atoms with E-state index < -0.39 is 0 Å². The largest absolute Gasteiger partial charge is 0.490 e. The first-order chi connectivity index (χ1) is 9.88. The predicted molar refractivity (Wildman–Crippen MR) is 81.8 cm³/mol. The lowest BCUT2D eigenvalue weighted by molar-refractivity contribution is 0.363. The van der Waals surface area contributed by atoms with E-state index in [1.54, 1.807) is 6.08 Å². The fourth-order valence-corrected chi connectivity index (χ4v) is 1.87. The molecule has 0 amide bonds. The van der Waals surface area contributed by atoms with Gasteiger partial charge in [-0.1, -0.05) is 24.8 Å². The van der Waals surface area contributed by atoms with E-state index in [0.29, 0.717) is 6.61 Å². The Kier molecular flexibility index (Phi) is 5.80. The Balaban J connectivity index is 1.70. The van der Waals surface area contributed by atoms with Crippen LogP contribution < -0.4 is 10.1 Å². The van der Waals surface area contributed by atoms with Crippen LogP contribution in [0.5, 0.6) is 5.75 Å². The highest BCUT2D eigenvalue weighted by Gasteiger charge is 1.96. The minimum atomic E-state index is 0.545. The summed E-state index contributed by atoms with van der Waals surface area (Å²) in [6, 6.07) is 12.2. The summed E-state index contributed by atoms with van der Waals surface area (Å²) < 4.78 is 5.45. The zero-order valence-corrected chi connectivity index (χ0v) is 11.6. The molecular weight excluding hydrogens is 248 g/mol. The third kappa shape index (κ3) is 4.86. The summed E-state index contributed by atoms with van der Waals surface area (Å²) in [5, 5.41) is 3.44. The van der Waals surface area contributed by atoms with Crippen molar-refractivity contribution in [1.82, 2.24) is 10.3 Å². The van der Waals surface area contributed by atoms with Crippen molar-refractivity contribution in [2.75, 3.05) is 13.2 Å². The van der Waals surface area contributed by atoms with Gasteiger partial charge in [0.05, 0.1) is 0 Å². The molecule has 3 heteroatoms. The van der Waals surface area contributed by atoms with Crippen molar-refractivity contribution < 1.29 is 4.74 Å². The maximum atomic E-state index is 5.45. The van der Waals surface area contributed by atoms with Crippen LogP contribution in [-0.4, -0.2) is 18.1 Å². The number of hydrogen-bond donors (Lipinski definition) is 1. The van der Waals surface area contributed by atoms with Crippen LogP contribution in [0, 0.1) is 0 Å². The molecule has 0 fully saturated rings. The molecule has 2 aromatic rings. The fourth-order valence-electron chi connectivity index (χ4n) is 1.87. The van der Waals surface area contributed by atoms with Crippen molar-refractivity contribution in [1.29, 1.82) is 0 Å². The van der Waals surface area contributed by atoms with Crippen LogP contribution >= 0.6 is 0 Å². The average molecular weight is 268 g/mol. The van der Waals surface area contributed by atoms with Gasteiger partial charge in [-0.3, -0.25) is 4.98 Å². The Bertz CT molecular complexity index is 508. The molecule has 1 N–H and O–H groups in total. The summed E-state index contributed by atoms with van der Waals surface area (Å²) in [5.41, 5.74) is 2.56. The van der Waals surface area contributed by atoms with E-state index >= 15 is 0 Å². The van der Waals surface area contributed by atoms with Crippen molar-refractivity contribution >= 4 is 0 Å². The lowest BCUT2D eigenvalue weighted by atomic mass is 10.2. The van der Waals surface area contributed by atoms with Gasteiger partial charge in [0.15, 0.2) is 0 Å². The summed E-state index contributed by atoms with van der Waals surface area (Å²) in [5.74, 6) is 0.880. The second-order valence-electron chi connectivity index (χ2n) is 4.53. The third-order valence-corrected chi connectivity index (χ3v) is 2.96. The first-order valence-corrected chi connectivity index (χ1v) is 6.81. The number of ether oxygens (including phenoxy) is 1. The minimum absolute atomic E-state index is 0.545. The summed E-state index contributed by atoms with van der Waals surface area (Å²) in [7, 11) is 0. The van der Waals surface area contributed by atoms with Crippen molar-refractivity contribution in [3.8, 4) is 5.75 Å². The highest BCUT2D eigenvalue weighted by atomic mass is 16.5. The van der Waals surface area contributed by atoms with Crippen molar-refractivity contribution in [3.63, 3.8) is 0 Å². The predicted octanol–water partition coefficient (Wildman–Crippen LogP) is 2.98. The van der Waals surface area contributed by atoms with E-state index in [9.17, 15) is 0 Å². The Morgan fingerprint density at radius 2 is 1.80 bits per heavy atom. The van der Waals surface area contributed by atoms with Gasteiger partial charge in [0.1, 0.15) is 12.4 Å². The van der Waals surface area contributed by atoms with E-state index in [1.807, 2.05) is 36.7 Å².